The van der Waals surface area contributed by atoms with E-state index in [-0.39, 0.29) is 72.3 Å². The molecule has 14 nitrogen and oxygen atoms in total. The number of carbonyl (C=O) groups is 2. The molecule has 4 aromatic rings. The van der Waals surface area contributed by atoms with E-state index in [1.165, 1.54) is 4.90 Å². The van der Waals surface area contributed by atoms with Crippen LogP contribution in [0, 0.1) is 5.92 Å². The Morgan fingerprint density at radius 3 is 1.95 bits per heavy atom. The molecule has 430 valence electrons. The van der Waals surface area contributed by atoms with Crippen molar-refractivity contribution in [1.82, 2.24) is 15.4 Å². The van der Waals surface area contributed by atoms with Crippen molar-refractivity contribution in [3.63, 3.8) is 0 Å². The van der Waals surface area contributed by atoms with Gasteiger partial charge in [-0.15, -0.1) is 0 Å². The molecule has 2 unspecified atom stereocenters. The number of quaternary nitrogens is 1. The molecule has 0 saturated carbocycles. The van der Waals surface area contributed by atoms with Crippen molar-refractivity contribution < 1.29 is 75.1 Å². The number of ketones is 1. The molecule has 0 saturated heterocycles. The Morgan fingerprint density at radius 2 is 1.26 bits per heavy atom. The number of urea groups is 1. The largest absolute Gasteiger partial charge is 1.00 e. The van der Waals surface area contributed by atoms with E-state index in [4.69, 9.17) is 65.4 Å². The molecule has 77 heavy (non-hydrogen) atoms. The van der Waals surface area contributed by atoms with Crippen molar-refractivity contribution in [3.05, 3.63) is 126 Å². The first-order valence-electron chi connectivity index (χ1n) is 25.9. The first-order chi connectivity index (χ1) is 35.9. The lowest BCUT2D eigenvalue weighted by Gasteiger charge is -2.31. The van der Waals surface area contributed by atoms with E-state index in [1.54, 1.807) is 49.6 Å². The number of carbonyl (C=O) groups excluding carboxylic acids is 2. The molecule has 6 rings (SSSR count). The number of ether oxygens (including phenoxy) is 4. The number of sulfonamides is 1. The SMILES string of the molecule is CCOCCCS(=O)(=O)c1cccc([C@@H]2C[NH+](C)Cc3c(Cl)cc(Cl)cc32)c1.COCCNC(=O)NCCCCCC(=O)CCCOCCOCCNS(=O)(=O)c1cccc([C@@H]2CC(C)Cc3c(Cl)cc(Cl)cc32)c1.[Cl-].[Cl-]. The zero-order valence-corrected chi connectivity index (χ0v) is 50.6. The van der Waals surface area contributed by atoms with Crippen LogP contribution in [0.5, 0.6) is 0 Å². The van der Waals surface area contributed by atoms with Gasteiger partial charge in [0.05, 0.1) is 66.5 Å². The molecule has 0 bridgehead atoms. The van der Waals surface area contributed by atoms with Gasteiger partial charge in [0.2, 0.25) is 10.0 Å². The summed E-state index contributed by atoms with van der Waals surface area (Å²) < 4.78 is 75.4. The highest BCUT2D eigenvalue weighted by Crippen LogP contribution is 2.43. The van der Waals surface area contributed by atoms with Gasteiger partial charge in [-0.3, -0.25) is 4.79 Å². The van der Waals surface area contributed by atoms with Crippen LogP contribution in [-0.2, 0) is 56.6 Å². The number of amides is 2. The molecule has 0 spiro atoms. The van der Waals surface area contributed by atoms with Crippen molar-refractivity contribution in [2.45, 2.75) is 99.8 Å². The highest BCUT2D eigenvalue weighted by atomic mass is 35.5. The highest BCUT2D eigenvalue weighted by Gasteiger charge is 2.32. The van der Waals surface area contributed by atoms with Gasteiger partial charge in [0.1, 0.15) is 12.3 Å². The maximum atomic E-state index is 13.0. The standard InChI is InChI=1S/C34H49Cl2N3O7S.C21H25Cl2NO3S.2ClH/c1-25-20-30(31-23-27(35)24-33(36)32(31)21-25)26-8-6-11-29(22-26)47(42,43)39-14-17-46-19-18-45-15-7-10-28(40)9-4-3-5-12-37-34(41)38-13-16-44-2;1-3-27-8-5-9-28(25,26)17-7-4-6-15(10-17)19-13-24(2)14-20-18(19)11-16(22)12-21(20)23;;/h6,8,11,22-25,30,39H,3-5,7,9-10,12-21H2,1-2H3,(H2,37,38,41);4,6-7,10-12,19H,3,5,8-9,13-14H2,1-2H3;2*1H/p-1/t25?,30-;19-;;/m00../s1. The van der Waals surface area contributed by atoms with Crippen molar-refractivity contribution >= 4 is 78.1 Å². The van der Waals surface area contributed by atoms with E-state index in [9.17, 15) is 26.4 Å². The van der Waals surface area contributed by atoms with E-state index in [2.05, 4.69) is 29.3 Å². The fraction of sp³-hybridized carbons (Fsp3) is 0.527. The van der Waals surface area contributed by atoms with Gasteiger partial charge in [-0.1, -0.05) is 84.0 Å². The predicted molar refractivity (Wildman–Crippen MR) is 298 cm³/mol. The van der Waals surface area contributed by atoms with Gasteiger partial charge in [-0.25, -0.2) is 26.4 Å². The number of unbranched alkanes of at least 4 members (excludes halogenated alkanes) is 2. The van der Waals surface area contributed by atoms with Crippen LogP contribution < -0.4 is 45.1 Å². The molecule has 4 N–H and O–H groups in total. The number of halogens is 6. The van der Waals surface area contributed by atoms with E-state index in [1.807, 2.05) is 37.3 Å². The number of nitrogens with one attached hydrogen (secondary N) is 4. The maximum Gasteiger partial charge on any atom is 0.314 e. The number of hydrogen-bond acceptors (Lipinski definition) is 10. The first kappa shape index (κ1) is 68.5. The fourth-order valence-corrected chi connectivity index (χ4v) is 13.0. The number of benzene rings is 4. The smallest absolute Gasteiger partial charge is 0.314 e. The Bertz CT molecular complexity index is 2710. The lowest BCUT2D eigenvalue weighted by atomic mass is 9.74. The molecular formula is C55H75Cl6N4O10S2-. The number of rotatable bonds is 29. The average molecular weight is 1230 g/mol. The van der Waals surface area contributed by atoms with Crippen molar-refractivity contribution in [3.8, 4) is 0 Å². The monoisotopic (exact) mass is 1230 g/mol. The molecular weight excluding hydrogens is 1150 g/mol. The molecule has 1 heterocycles. The number of Topliss-reactive ketones (excluding diaryl/α,β-unsaturated/α-hetero) is 1. The van der Waals surface area contributed by atoms with Crippen molar-refractivity contribution in [2.75, 3.05) is 92.3 Å². The van der Waals surface area contributed by atoms with Crippen LogP contribution in [0.25, 0.3) is 0 Å². The summed E-state index contributed by atoms with van der Waals surface area (Å²) >= 11 is 25.5. The predicted octanol–water partition coefficient (Wildman–Crippen LogP) is 3.24. The summed E-state index contributed by atoms with van der Waals surface area (Å²) in [5, 5.41) is 7.97. The van der Waals surface area contributed by atoms with Gasteiger partial charge in [0.15, 0.2) is 9.84 Å². The Kier molecular flexibility index (Phi) is 31.3. The molecule has 2 aliphatic rings. The molecule has 2 amide bonds. The van der Waals surface area contributed by atoms with Gasteiger partial charge in [-0.05, 0) is 128 Å². The van der Waals surface area contributed by atoms with Crippen LogP contribution in [0.4, 0.5) is 4.79 Å². The summed E-state index contributed by atoms with van der Waals surface area (Å²) in [6.45, 7) is 9.83. The van der Waals surface area contributed by atoms with Crippen molar-refractivity contribution in [1.29, 1.82) is 0 Å². The Hall–Kier alpha value is -2.78. The number of methoxy groups -OCH3 is 1. The average Bonchev–Trinajstić information content (AvgIpc) is 3.37. The summed E-state index contributed by atoms with van der Waals surface area (Å²) in [6.07, 6.45) is 6.38. The second-order valence-corrected chi connectivity index (χ2v) is 24.7. The van der Waals surface area contributed by atoms with Crippen molar-refractivity contribution in [2.24, 2.45) is 5.92 Å². The summed E-state index contributed by atoms with van der Waals surface area (Å²) in [7, 11) is -3.38. The number of hydrogen-bond donors (Lipinski definition) is 4. The normalized spacial score (nSPS) is 16.9. The molecule has 1 aliphatic carbocycles. The molecule has 4 atom stereocenters. The third kappa shape index (κ3) is 22.6. The topological polar surface area (TPSA) is 180 Å². The molecule has 0 fully saturated rings. The van der Waals surface area contributed by atoms with Crippen LogP contribution in [0.1, 0.15) is 110 Å². The fourth-order valence-electron chi connectivity index (χ4n) is 9.42. The number of likely N-dealkylation sites (N-methyl/N-ethyl adjacent to an activating group) is 1. The van der Waals surface area contributed by atoms with Crippen LogP contribution in [0.15, 0.2) is 82.6 Å². The molecule has 4 aromatic carbocycles. The minimum Gasteiger partial charge on any atom is -1.00 e. The Balaban J connectivity index is 0.000000444. The van der Waals surface area contributed by atoms with E-state index >= 15 is 0 Å². The number of sulfone groups is 1. The third-order valence-corrected chi connectivity index (χ3v) is 17.5. The van der Waals surface area contributed by atoms with Crippen LogP contribution >= 0.6 is 46.4 Å². The van der Waals surface area contributed by atoms with Gasteiger partial charge >= 0.3 is 6.03 Å². The van der Waals surface area contributed by atoms with E-state index in [0.29, 0.717) is 109 Å². The molecule has 22 heteroatoms. The van der Waals surface area contributed by atoms with Gasteiger partial charge in [0.25, 0.3) is 0 Å². The zero-order valence-electron chi connectivity index (χ0n) is 44.4. The lowest BCUT2D eigenvalue weighted by molar-refractivity contribution is -0.897. The summed E-state index contributed by atoms with van der Waals surface area (Å²) in [5.41, 5.74) is 6.21. The number of fused-ring (bicyclic) bond motifs is 2. The van der Waals surface area contributed by atoms with Crippen LogP contribution in [0.2, 0.25) is 20.1 Å². The molecule has 0 radical (unpaired) electrons. The Labute approximate surface area is 489 Å². The second-order valence-electron chi connectivity index (χ2n) is 19.2. The zero-order chi connectivity index (χ0) is 54.4. The maximum absolute atomic E-state index is 13.0. The minimum absolute atomic E-state index is 0. The van der Waals surface area contributed by atoms with Gasteiger partial charge in [0, 0.05) is 86.0 Å². The molecule has 1 aliphatic heterocycles. The highest BCUT2D eigenvalue weighted by molar-refractivity contribution is 7.91. The Morgan fingerprint density at radius 1 is 0.662 bits per heavy atom. The second kappa shape index (κ2) is 35.2. The van der Waals surface area contributed by atoms with Gasteiger partial charge < -0.3 is 59.3 Å². The van der Waals surface area contributed by atoms with Crippen LogP contribution in [0.3, 0.4) is 0 Å². The third-order valence-electron chi connectivity index (χ3n) is 13.1. The summed E-state index contributed by atoms with van der Waals surface area (Å²) in [6, 6.07) is 21.6. The van der Waals surface area contributed by atoms with Gasteiger partial charge in [-0.2, -0.15) is 0 Å². The summed E-state index contributed by atoms with van der Waals surface area (Å²) in [5.74, 6) is 0.754. The molecule has 0 aromatic heterocycles. The quantitative estimate of drug-likeness (QED) is 0.0591. The van der Waals surface area contributed by atoms with E-state index < -0.39 is 19.9 Å². The summed E-state index contributed by atoms with van der Waals surface area (Å²) in [4.78, 5) is 25.5. The first-order valence-corrected chi connectivity index (χ1v) is 30.5. The minimum atomic E-state index is -3.73. The lowest BCUT2D eigenvalue weighted by Crippen LogP contribution is -3.09. The van der Waals surface area contributed by atoms with Crippen LogP contribution in [-0.4, -0.2) is 121 Å². The van der Waals surface area contributed by atoms with E-state index in [0.717, 1.165) is 78.6 Å².